The van der Waals surface area contributed by atoms with Gasteiger partial charge in [-0.15, -0.1) is 0 Å². The minimum atomic E-state index is 0.193. The van der Waals surface area contributed by atoms with E-state index in [9.17, 15) is 0 Å². The van der Waals surface area contributed by atoms with Gasteiger partial charge < -0.3 is 16.2 Å². The maximum Gasteiger partial charge on any atom is 0.132 e. The number of hydrogen-bond acceptors (Lipinski definition) is 3. The Morgan fingerprint density at radius 1 is 1.05 bits per heavy atom. The Hall–Kier alpha value is -2.95. The van der Waals surface area contributed by atoms with Gasteiger partial charge in [0.25, 0.3) is 0 Å². The molecule has 20 heavy (non-hydrogen) atoms. The molecule has 2 aromatic rings. The van der Waals surface area contributed by atoms with Gasteiger partial charge in [0.15, 0.2) is 0 Å². The fourth-order valence-electron chi connectivity index (χ4n) is 1.52. The molecule has 0 aliphatic rings. The highest BCUT2D eigenvalue weighted by Crippen LogP contribution is 2.15. The second-order valence-electron chi connectivity index (χ2n) is 4.04. The average Bonchev–Trinajstić information content (AvgIpc) is 2.49. The van der Waals surface area contributed by atoms with Crippen LogP contribution in [-0.4, -0.2) is 23.5 Å². The first-order valence-corrected chi connectivity index (χ1v) is 5.95. The maximum atomic E-state index is 9.15. The predicted octanol–water partition coefficient (Wildman–Crippen LogP) is 2.46. The highest BCUT2D eigenvalue weighted by Gasteiger charge is 1.96. The van der Waals surface area contributed by atoms with Crippen LogP contribution in [0.3, 0.4) is 0 Å². The highest BCUT2D eigenvalue weighted by molar-refractivity contribution is 6.01. The molecule has 0 radical (unpaired) electrons. The minimum absolute atomic E-state index is 0.193. The molecule has 0 saturated carbocycles. The van der Waals surface area contributed by atoms with Crippen LogP contribution in [0.5, 0.6) is 5.75 Å². The smallest absolute Gasteiger partial charge is 0.132 e. The lowest BCUT2D eigenvalue weighted by molar-refractivity contribution is 0.475. The Kier molecular flexibility index (Phi) is 4.24. The van der Waals surface area contributed by atoms with E-state index in [4.69, 9.17) is 16.2 Å². The summed E-state index contributed by atoms with van der Waals surface area (Å²) >= 11 is 0. The number of benzene rings is 2. The number of nitrogens with two attached hydrogens (primary N) is 1. The van der Waals surface area contributed by atoms with E-state index in [1.165, 1.54) is 12.6 Å². The van der Waals surface area contributed by atoms with Gasteiger partial charge in [-0.3, -0.25) is 0 Å². The lowest BCUT2D eigenvalue weighted by Crippen LogP contribution is -2.13. The molecule has 0 heterocycles. The van der Waals surface area contributed by atoms with Crippen LogP contribution in [0.25, 0.3) is 0 Å². The molecule has 2 aromatic carbocycles. The Labute approximate surface area is 116 Å². The first-order chi connectivity index (χ1) is 9.69. The van der Waals surface area contributed by atoms with Crippen LogP contribution in [-0.2, 0) is 0 Å². The number of amidine groups is 1. The number of phenols is 1. The van der Waals surface area contributed by atoms with E-state index >= 15 is 0 Å². The van der Waals surface area contributed by atoms with Crippen LogP contribution in [0.4, 0.5) is 5.69 Å². The summed E-state index contributed by atoms with van der Waals surface area (Å²) in [6.45, 7) is 0. The zero-order valence-corrected chi connectivity index (χ0v) is 10.7. The van der Waals surface area contributed by atoms with Crippen molar-refractivity contribution in [1.29, 1.82) is 5.41 Å². The molecule has 5 nitrogen and oxygen atoms in total. The van der Waals surface area contributed by atoms with Crippen molar-refractivity contribution in [2.75, 3.05) is 0 Å². The number of aromatic hydroxyl groups is 1. The lowest BCUT2D eigenvalue weighted by atomic mass is 10.1. The summed E-state index contributed by atoms with van der Waals surface area (Å²) in [6.07, 6.45) is 2.63. The van der Waals surface area contributed by atoms with Crippen molar-refractivity contribution < 1.29 is 5.11 Å². The molecule has 100 valence electrons. The zero-order valence-electron chi connectivity index (χ0n) is 10.7. The van der Waals surface area contributed by atoms with Crippen molar-refractivity contribution in [2.24, 2.45) is 15.7 Å². The first-order valence-electron chi connectivity index (χ1n) is 5.95. The number of nitrogens with zero attached hydrogens (tertiary/aromatic N) is 2. The van der Waals surface area contributed by atoms with Gasteiger partial charge in [-0.1, -0.05) is 24.3 Å². The van der Waals surface area contributed by atoms with Gasteiger partial charge in [-0.05, 0) is 29.8 Å². The molecule has 2 rings (SSSR count). The van der Waals surface area contributed by atoms with Crippen molar-refractivity contribution in [3.63, 3.8) is 0 Å². The van der Waals surface area contributed by atoms with Crippen molar-refractivity contribution in [2.45, 2.75) is 0 Å². The maximum absolute atomic E-state index is 9.15. The van der Waals surface area contributed by atoms with Gasteiger partial charge in [0.1, 0.15) is 17.9 Å². The molecular weight excluding hydrogens is 252 g/mol. The Morgan fingerprint density at radius 3 is 2.30 bits per heavy atom. The molecule has 0 aliphatic heterocycles. The molecule has 0 atom stereocenters. The third-order valence-electron chi connectivity index (χ3n) is 2.63. The largest absolute Gasteiger partial charge is 0.508 e. The van der Waals surface area contributed by atoms with Crippen LogP contribution in [0.15, 0.2) is 58.5 Å². The van der Waals surface area contributed by atoms with E-state index in [1.807, 2.05) is 0 Å². The van der Waals surface area contributed by atoms with Crippen molar-refractivity contribution in [1.82, 2.24) is 0 Å². The van der Waals surface area contributed by atoms with Crippen LogP contribution >= 0.6 is 0 Å². The third kappa shape index (κ3) is 3.52. The van der Waals surface area contributed by atoms with Gasteiger partial charge in [-0.2, -0.15) is 0 Å². The lowest BCUT2D eigenvalue weighted by Gasteiger charge is -1.99. The van der Waals surface area contributed by atoms with Crippen LogP contribution in [0.1, 0.15) is 11.1 Å². The van der Waals surface area contributed by atoms with E-state index < -0.39 is 0 Å². The predicted molar refractivity (Wildman–Crippen MR) is 81.3 cm³/mol. The summed E-state index contributed by atoms with van der Waals surface area (Å²) in [6, 6.07) is 13.6. The van der Waals surface area contributed by atoms with Crippen molar-refractivity contribution >= 4 is 24.1 Å². The molecule has 0 spiro atoms. The van der Waals surface area contributed by atoms with Crippen LogP contribution in [0.2, 0.25) is 0 Å². The quantitative estimate of drug-likeness (QED) is 0.585. The van der Waals surface area contributed by atoms with Gasteiger partial charge >= 0.3 is 0 Å². The summed E-state index contributed by atoms with van der Waals surface area (Å²) in [7, 11) is 0. The van der Waals surface area contributed by atoms with E-state index in [2.05, 4.69) is 9.98 Å². The third-order valence-corrected chi connectivity index (χ3v) is 2.63. The molecule has 0 bridgehead atoms. The van der Waals surface area contributed by atoms with Gasteiger partial charge in [0, 0.05) is 11.8 Å². The highest BCUT2D eigenvalue weighted by atomic mass is 16.3. The summed E-state index contributed by atoms with van der Waals surface area (Å²) in [5.41, 5.74) is 8.09. The molecule has 0 saturated heterocycles. The Balaban J connectivity index is 2.09. The molecule has 5 heteroatoms. The van der Waals surface area contributed by atoms with E-state index in [0.717, 1.165) is 11.1 Å². The van der Waals surface area contributed by atoms with Crippen molar-refractivity contribution in [3.05, 3.63) is 59.7 Å². The monoisotopic (exact) mass is 266 g/mol. The SMILES string of the molecule is N=Cc1ccc(C(N)=NC=Nc2ccc(O)cc2)cc1. The van der Waals surface area contributed by atoms with E-state index in [0.29, 0.717) is 11.5 Å². The topological polar surface area (TPSA) is 94.8 Å². The van der Waals surface area contributed by atoms with Gasteiger partial charge in [0.05, 0.1) is 5.69 Å². The molecule has 0 unspecified atom stereocenters. The first kappa shape index (κ1) is 13.5. The second-order valence-corrected chi connectivity index (χ2v) is 4.04. The Morgan fingerprint density at radius 2 is 1.70 bits per heavy atom. The molecule has 4 N–H and O–H groups in total. The summed E-state index contributed by atoms with van der Waals surface area (Å²) in [4.78, 5) is 8.16. The zero-order chi connectivity index (χ0) is 14.4. The number of hydrogen-bond donors (Lipinski definition) is 3. The summed E-state index contributed by atoms with van der Waals surface area (Å²) in [5, 5.41) is 16.3. The normalized spacial score (nSPS) is 11.7. The van der Waals surface area contributed by atoms with Gasteiger partial charge in [0.2, 0.25) is 0 Å². The molecule has 0 fully saturated rings. The average molecular weight is 266 g/mol. The van der Waals surface area contributed by atoms with Crippen molar-refractivity contribution in [3.8, 4) is 5.75 Å². The standard InChI is InChI=1S/C15H14N4O/c16-9-11-1-3-12(4-2-11)15(17)19-10-18-13-5-7-14(20)8-6-13/h1-10,16,20H,(H2,17,18,19). The number of aliphatic imine (C=N–C) groups is 2. The number of rotatable bonds is 4. The van der Waals surface area contributed by atoms with Gasteiger partial charge in [-0.25, -0.2) is 9.98 Å². The molecule has 0 aromatic heterocycles. The summed E-state index contributed by atoms with van der Waals surface area (Å²) in [5.74, 6) is 0.544. The fourth-order valence-corrected chi connectivity index (χ4v) is 1.52. The molecule has 0 aliphatic carbocycles. The fraction of sp³-hybridized carbons (Fsp3) is 0. The summed E-state index contributed by atoms with van der Waals surface area (Å²) < 4.78 is 0. The Bertz CT molecular complexity index is 643. The van der Waals surface area contributed by atoms with Crippen LogP contribution in [0, 0.1) is 5.41 Å². The second kappa shape index (κ2) is 6.29. The van der Waals surface area contributed by atoms with E-state index in [-0.39, 0.29) is 5.75 Å². The van der Waals surface area contributed by atoms with E-state index in [1.54, 1.807) is 48.5 Å². The number of phenolic OH excluding ortho intramolecular Hbond substituents is 1. The molecular formula is C15H14N4O. The molecule has 0 amide bonds. The van der Waals surface area contributed by atoms with Crippen LogP contribution < -0.4 is 5.73 Å². The number of nitrogens with one attached hydrogen (secondary N) is 1. The minimum Gasteiger partial charge on any atom is -0.508 e.